The molecule has 2 aliphatic rings. The first-order valence-corrected chi connectivity index (χ1v) is 11.7. The largest absolute Gasteiger partial charge is 0.380 e. The zero-order valence-electron chi connectivity index (χ0n) is 18.6. The standard InChI is InChI=1S/C26H26ClFN4O/c1-17-20(21(27)8-9-22(17)28)16-32-13-10-29-24-15-30-23(14-25(24)32)18-4-6-19(7-5-18)26(33)31-11-2-3-12-31/h4-9,14-15,29H,2-3,10-13,16H2,1H3. The molecule has 0 atom stereocenters. The summed E-state index contributed by atoms with van der Waals surface area (Å²) in [6.45, 7) is 5.50. The van der Waals surface area contributed by atoms with E-state index in [9.17, 15) is 9.18 Å². The minimum absolute atomic E-state index is 0.0927. The molecule has 2 aromatic carbocycles. The van der Waals surface area contributed by atoms with Crippen molar-refractivity contribution in [2.24, 2.45) is 0 Å². The van der Waals surface area contributed by atoms with E-state index in [0.29, 0.717) is 22.7 Å². The van der Waals surface area contributed by atoms with Crippen LogP contribution in [0.15, 0.2) is 48.7 Å². The van der Waals surface area contributed by atoms with Crippen molar-refractivity contribution in [3.8, 4) is 11.3 Å². The molecule has 0 aliphatic carbocycles. The number of halogens is 2. The molecule has 5 nitrogen and oxygen atoms in total. The highest BCUT2D eigenvalue weighted by Gasteiger charge is 2.22. The number of amides is 1. The van der Waals surface area contributed by atoms with E-state index in [2.05, 4.69) is 15.2 Å². The topological polar surface area (TPSA) is 48.5 Å². The molecule has 0 spiro atoms. The van der Waals surface area contributed by atoms with E-state index in [-0.39, 0.29) is 11.7 Å². The molecule has 7 heteroatoms. The van der Waals surface area contributed by atoms with E-state index in [0.717, 1.165) is 67.2 Å². The summed E-state index contributed by atoms with van der Waals surface area (Å²) >= 11 is 6.41. The molecule has 0 radical (unpaired) electrons. The van der Waals surface area contributed by atoms with Crippen LogP contribution >= 0.6 is 11.6 Å². The van der Waals surface area contributed by atoms with Crippen LogP contribution in [-0.4, -0.2) is 42.0 Å². The Hall–Kier alpha value is -3.12. The van der Waals surface area contributed by atoms with E-state index >= 15 is 0 Å². The van der Waals surface area contributed by atoms with Crippen molar-refractivity contribution >= 4 is 28.9 Å². The van der Waals surface area contributed by atoms with E-state index in [1.807, 2.05) is 41.4 Å². The lowest BCUT2D eigenvalue weighted by Gasteiger charge is -2.33. The van der Waals surface area contributed by atoms with Crippen LogP contribution in [0.3, 0.4) is 0 Å². The van der Waals surface area contributed by atoms with Gasteiger partial charge in [-0.15, -0.1) is 0 Å². The van der Waals surface area contributed by atoms with E-state index in [4.69, 9.17) is 11.6 Å². The fourth-order valence-corrected chi connectivity index (χ4v) is 4.84. The molecule has 2 aliphatic heterocycles. The zero-order chi connectivity index (χ0) is 22.9. The molecule has 1 saturated heterocycles. The quantitative estimate of drug-likeness (QED) is 0.552. The summed E-state index contributed by atoms with van der Waals surface area (Å²) in [5.41, 5.74) is 5.80. The van der Waals surface area contributed by atoms with Gasteiger partial charge in [-0.05, 0) is 61.2 Å². The third-order valence-electron chi connectivity index (χ3n) is 6.57. The number of hydrogen-bond acceptors (Lipinski definition) is 4. The van der Waals surface area contributed by atoms with Crippen molar-refractivity contribution in [3.63, 3.8) is 0 Å². The van der Waals surface area contributed by atoms with Crippen molar-refractivity contribution in [2.45, 2.75) is 26.3 Å². The predicted molar refractivity (Wildman–Crippen MR) is 130 cm³/mol. The Balaban J connectivity index is 1.42. The van der Waals surface area contributed by atoms with Gasteiger partial charge in [-0.1, -0.05) is 23.7 Å². The van der Waals surface area contributed by atoms with E-state index in [1.165, 1.54) is 6.07 Å². The number of likely N-dealkylation sites (tertiary alicyclic amines) is 1. The first-order chi connectivity index (χ1) is 16.0. The number of aromatic nitrogens is 1. The molecular weight excluding hydrogens is 439 g/mol. The van der Waals surface area contributed by atoms with Gasteiger partial charge in [-0.3, -0.25) is 9.78 Å². The first kappa shape index (κ1) is 21.7. The molecule has 0 bridgehead atoms. The van der Waals surface area contributed by atoms with Crippen molar-refractivity contribution < 1.29 is 9.18 Å². The lowest BCUT2D eigenvalue weighted by atomic mass is 10.0. The maximum Gasteiger partial charge on any atom is 0.253 e. The van der Waals surface area contributed by atoms with Crippen LogP contribution in [0.25, 0.3) is 11.3 Å². The highest BCUT2D eigenvalue weighted by molar-refractivity contribution is 6.31. The maximum absolute atomic E-state index is 14.2. The molecule has 0 saturated carbocycles. The fourth-order valence-electron chi connectivity index (χ4n) is 4.58. The number of pyridine rings is 1. The summed E-state index contributed by atoms with van der Waals surface area (Å²) in [5, 5.41) is 3.96. The van der Waals surface area contributed by atoms with Gasteiger partial charge in [0.25, 0.3) is 5.91 Å². The molecular formula is C26H26ClFN4O. The zero-order valence-corrected chi connectivity index (χ0v) is 19.3. The Kier molecular flexibility index (Phi) is 5.94. The molecule has 33 heavy (non-hydrogen) atoms. The highest BCUT2D eigenvalue weighted by Crippen LogP contribution is 2.35. The van der Waals surface area contributed by atoms with Crippen LogP contribution in [0.5, 0.6) is 0 Å². The number of nitrogens with zero attached hydrogens (tertiary/aromatic N) is 3. The van der Waals surface area contributed by atoms with Gasteiger partial charge >= 0.3 is 0 Å². The Morgan fingerprint density at radius 3 is 2.64 bits per heavy atom. The number of carbonyl (C=O) groups is 1. The Morgan fingerprint density at radius 2 is 1.88 bits per heavy atom. The van der Waals surface area contributed by atoms with Gasteiger partial charge in [-0.25, -0.2) is 4.39 Å². The number of fused-ring (bicyclic) bond motifs is 1. The number of anilines is 2. The summed E-state index contributed by atoms with van der Waals surface area (Å²) in [6, 6.07) is 12.7. The fraction of sp³-hybridized carbons (Fsp3) is 0.308. The molecule has 1 amide bonds. The van der Waals surface area contributed by atoms with Gasteiger partial charge in [0.05, 0.1) is 23.3 Å². The van der Waals surface area contributed by atoms with Crippen LogP contribution < -0.4 is 10.2 Å². The van der Waals surface area contributed by atoms with Crippen LogP contribution in [-0.2, 0) is 6.54 Å². The molecule has 1 N–H and O–H groups in total. The van der Waals surface area contributed by atoms with Crippen molar-refractivity contribution in [1.29, 1.82) is 0 Å². The Morgan fingerprint density at radius 1 is 1.12 bits per heavy atom. The second-order valence-electron chi connectivity index (χ2n) is 8.64. The van der Waals surface area contributed by atoms with Crippen LogP contribution in [0, 0.1) is 12.7 Å². The highest BCUT2D eigenvalue weighted by atomic mass is 35.5. The van der Waals surface area contributed by atoms with Gasteiger partial charge in [-0.2, -0.15) is 0 Å². The van der Waals surface area contributed by atoms with Gasteiger partial charge in [0.15, 0.2) is 0 Å². The average molecular weight is 465 g/mol. The first-order valence-electron chi connectivity index (χ1n) is 11.3. The molecule has 1 fully saturated rings. The predicted octanol–water partition coefficient (Wildman–Crippen LogP) is 5.52. The number of carbonyl (C=O) groups excluding carboxylic acids is 1. The van der Waals surface area contributed by atoms with Gasteiger partial charge in [0.1, 0.15) is 5.82 Å². The van der Waals surface area contributed by atoms with Gasteiger partial charge in [0.2, 0.25) is 0 Å². The number of hydrogen-bond donors (Lipinski definition) is 1. The lowest BCUT2D eigenvalue weighted by molar-refractivity contribution is 0.0793. The third-order valence-corrected chi connectivity index (χ3v) is 6.92. The Labute approximate surface area is 198 Å². The minimum Gasteiger partial charge on any atom is -0.380 e. The molecule has 3 heterocycles. The summed E-state index contributed by atoms with van der Waals surface area (Å²) in [7, 11) is 0. The Bertz CT molecular complexity index is 1190. The van der Waals surface area contributed by atoms with Gasteiger partial charge in [0, 0.05) is 48.9 Å². The number of rotatable bonds is 4. The summed E-state index contributed by atoms with van der Waals surface area (Å²) in [6.07, 6.45) is 3.99. The average Bonchev–Trinajstić information content (AvgIpc) is 3.39. The summed E-state index contributed by atoms with van der Waals surface area (Å²) < 4.78 is 14.2. The van der Waals surface area contributed by atoms with Crippen LogP contribution in [0.4, 0.5) is 15.8 Å². The second kappa shape index (κ2) is 9.02. The molecule has 5 rings (SSSR count). The maximum atomic E-state index is 14.2. The van der Waals surface area contributed by atoms with Crippen LogP contribution in [0.2, 0.25) is 5.02 Å². The SMILES string of the molecule is Cc1c(F)ccc(Cl)c1CN1CCNc2cnc(-c3ccc(C(=O)N4CCCC4)cc3)cc21. The van der Waals surface area contributed by atoms with Crippen molar-refractivity contribution in [1.82, 2.24) is 9.88 Å². The normalized spacial score (nSPS) is 15.4. The molecule has 0 unspecified atom stereocenters. The van der Waals surface area contributed by atoms with Crippen molar-refractivity contribution in [3.05, 3.63) is 76.2 Å². The molecule has 1 aromatic heterocycles. The van der Waals surface area contributed by atoms with Crippen molar-refractivity contribution in [2.75, 3.05) is 36.4 Å². The number of nitrogens with one attached hydrogen (secondary N) is 1. The molecule has 170 valence electrons. The smallest absolute Gasteiger partial charge is 0.253 e. The monoisotopic (exact) mass is 464 g/mol. The second-order valence-corrected chi connectivity index (χ2v) is 9.05. The van der Waals surface area contributed by atoms with E-state index < -0.39 is 0 Å². The minimum atomic E-state index is -0.247. The third kappa shape index (κ3) is 4.27. The van der Waals surface area contributed by atoms with Gasteiger partial charge < -0.3 is 15.1 Å². The lowest BCUT2D eigenvalue weighted by Crippen LogP contribution is -2.34. The summed E-state index contributed by atoms with van der Waals surface area (Å²) in [5.74, 6) is -0.154. The van der Waals surface area contributed by atoms with Crippen LogP contribution in [0.1, 0.15) is 34.3 Å². The molecule has 3 aromatic rings. The summed E-state index contributed by atoms with van der Waals surface area (Å²) in [4.78, 5) is 21.4. The number of benzene rings is 2. The van der Waals surface area contributed by atoms with E-state index in [1.54, 1.807) is 13.0 Å².